The van der Waals surface area contributed by atoms with Gasteiger partial charge in [0.05, 0.1) is 17.4 Å². The smallest absolute Gasteiger partial charge is 0.222 e. The van der Waals surface area contributed by atoms with Crippen molar-refractivity contribution in [3.63, 3.8) is 0 Å². The Kier molecular flexibility index (Phi) is 4.72. The third-order valence-corrected chi connectivity index (χ3v) is 5.26. The summed E-state index contributed by atoms with van der Waals surface area (Å²) in [4.78, 5) is 22.8. The Morgan fingerprint density at radius 2 is 2.15 bits per heavy atom. The second-order valence-electron chi connectivity index (χ2n) is 7.92. The topological polar surface area (TPSA) is 77.0 Å². The van der Waals surface area contributed by atoms with Crippen molar-refractivity contribution in [2.45, 2.75) is 46.1 Å². The van der Waals surface area contributed by atoms with Crippen LogP contribution in [0.1, 0.15) is 38.7 Å². The van der Waals surface area contributed by atoms with Crippen LogP contribution in [0.4, 0.5) is 5.82 Å². The van der Waals surface area contributed by atoms with Crippen molar-refractivity contribution in [3.05, 3.63) is 30.1 Å². The number of amides is 1. The van der Waals surface area contributed by atoms with Gasteiger partial charge in [-0.05, 0) is 42.9 Å². The Balaban J connectivity index is 1.63. The molecule has 2 aromatic heterocycles. The van der Waals surface area contributed by atoms with E-state index in [9.17, 15) is 4.79 Å². The van der Waals surface area contributed by atoms with Crippen molar-refractivity contribution in [2.75, 3.05) is 18.8 Å². The number of fused-ring (bicyclic) bond motifs is 3. The van der Waals surface area contributed by atoms with Crippen LogP contribution in [-0.2, 0) is 17.8 Å². The Hall–Kier alpha value is -2.63. The van der Waals surface area contributed by atoms with Crippen LogP contribution in [0.25, 0.3) is 21.9 Å². The molecule has 1 fully saturated rings. The number of imidazole rings is 1. The number of hydrogen-bond donors (Lipinski definition) is 1. The van der Waals surface area contributed by atoms with E-state index in [4.69, 9.17) is 5.73 Å². The highest BCUT2D eigenvalue weighted by Crippen LogP contribution is 2.29. The lowest BCUT2D eigenvalue weighted by Gasteiger charge is -2.15. The van der Waals surface area contributed by atoms with Crippen LogP contribution in [0, 0.1) is 5.92 Å². The number of nitrogens with zero attached hydrogens (tertiary/aromatic N) is 4. The molecule has 0 radical (unpaired) electrons. The number of rotatable bonds is 6. The number of pyridine rings is 1. The van der Waals surface area contributed by atoms with E-state index in [-0.39, 0.29) is 0 Å². The molecule has 0 spiro atoms. The fourth-order valence-corrected chi connectivity index (χ4v) is 4.01. The van der Waals surface area contributed by atoms with Crippen molar-refractivity contribution < 1.29 is 4.79 Å². The molecule has 0 atom stereocenters. The minimum absolute atomic E-state index is 0.299. The molecule has 6 heteroatoms. The summed E-state index contributed by atoms with van der Waals surface area (Å²) in [7, 11) is 0. The van der Waals surface area contributed by atoms with Crippen LogP contribution in [0.3, 0.4) is 0 Å². The molecule has 0 aliphatic carbocycles. The van der Waals surface area contributed by atoms with E-state index in [0.717, 1.165) is 60.8 Å². The van der Waals surface area contributed by atoms with Gasteiger partial charge >= 0.3 is 0 Å². The van der Waals surface area contributed by atoms with Crippen molar-refractivity contribution in [2.24, 2.45) is 5.92 Å². The first-order chi connectivity index (χ1) is 13.0. The molecule has 142 valence electrons. The third-order valence-electron chi connectivity index (χ3n) is 5.26. The average Bonchev–Trinajstić information content (AvgIpc) is 3.22. The van der Waals surface area contributed by atoms with E-state index in [1.54, 1.807) is 0 Å². The van der Waals surface area contributed by atoms with Gasteiger partial charge in [-0.2, -0.15) is 0 Å². The minimum Gasteiger partial charge on any atom is -0.382 e. The standard InChI is InChI=1S/C21H27N5O/c1-14(2)12-26-13-23-19-20(26)16-11-15(7-8-17(16)24-21(19)22)5-3-9-25-10-4-6-18(25)27/h7-8,11,13-14H,3-6,9-10,12H2,1-2H3,(H2,22,24). The zero-order valence-electron chi connectivity index (χ0n) is 16.1. The molecule has 2 N–H and O–H groups in total. The summed E-state index contributed by atoms with van der Waals surface area (Å²) in [6.45, 7) is 7.05. The van der Waals surface area contributed by atoms with Crippen molar-refractivity contribution in [1.82, 2.24) is 19.4 Å². The van der Waals surface area contributed by atoms with Gasteiger partial charge < -0.3 is 15.2 Å². The van der Waals surface area contributed by atoms with Gasteiger partial charge in [-0.25, -0.2) is 9.97 Å². The second kappa shape index (κ2) is 7.18. The van der Waals surface area contributed by atoms with Crippen molar-refractivity contribution >= 4 is 33.7 Å². The highest BCUT2D eigenvalue weighted by atomic mass is 16.2. The molecule has 0 unspecified atom stereocenters. The van der Waals surface area contributed by atoms with Crippen molar-refractivity contribution in [1.29, 1.82) is 0 Å². The average molecular weight is 365 g/mol. The number of aryl methyl sites for hydroxylation is 1. The highest BCUT2D eigenvalue weighted by molar-refractivity contribution is 6.06. The maximum Gasteiger partial charge on any atom is 0.222 e. The lowest BCUT2D eigenvalue weighted by molar-refractivity contribution is -0.127. The normalized spacial score (nSPS) is 14.9. The van der Waals surface area contributed by atoms with Crippen LogP contribution in [0.15, 0.2) is 24.5 Å². The first kappa shape index (κ1) is 17.8. The minimum atomic E-state index is 0.299. The van der Waals surface area contributed by atoms with Crippen LogP contribution in [0.5, 0.6) is 0 Å². The lowest BCUT2D eigenvalue weighted by atomic mass is 10.0. The summed E-state index contributed by atoms with van der Waals surface area (Å²) in [6.07, 6.45) is 5.51. The molecular weight excluding hydrogens is 338 g/mol. The summed E-state index contributed by atoms with van der Waals surface area (Å²) in [5.74, 6) is 1.31. The first-order valence-electron chi connectivity index (χ1n) is 9.83. The fraction of sp³-hybridized carbons (Fsp3) is 0.476. The number of nitrogen functional groups attached to an aromatic ring is 1. The first-order valence-corrected chi connectivity index (χ1v) is 9.83. The number of aromatic nitrogens is 3. The monoisotopic (exact) mass is 365 g/mol. The Labute approximate surface area is 159 Å². The summed E-state index contributed by atoms with van der Waals surface area (Å²) < 4.78 is 2.19. The van der Waals surface area contributed by atoms with Crippen molar-refractivity contribution in [3.8, 4) is 0 Å². The SMILES string of the molecule is CC(C)Cn1cnc2c(N)nc3ccc(CCCN4CCCC4=O)cc3c21. The van der Waals surface area contributed by atoms with Gasteiger partial charge in [-0.3, -0.25) is 4.79 Å². The highest BCUT2D eigenvalue weighted by Gasteiger charge is 2.19. The molecule has 0 bridgehead atoms. The van der Waals surface area contributed by atoms with E-state index >= 15 is 0 Å². The van der Waals surface area contributed by atoms with Crippen LogP contribution >= 0.6 is 0 Å². The quantitative estimate of drug-likeness (QED) is 0.726. The van der Waals surface area contributed by atoms with Gasteiger partial charge in [0.2, 0.25) is 5.91 Å². The van der Waals surface area contributed by atoms with E-state index in [0.29, 0.717) is 24.1 Å². The number of carbonyl (C=O) groups excluding carboxylic acids is 1. The molecule has 3 heterocycles. The maximum atomic E-state index is 11.8. The number of benzene rings is 1. The number of nitrogens with two attached hydrogens (primary N) is 1. The van der Waals surface area contributed by atoms with Gasteiger partial charge in [-0.1, -0.05) is 19.9 Å². The predicted molar refractivity (Wildman–Crippen MR) is 108 cm³/mol. The third kappa shape index (κ3) is 3.48. The number of anilines is 1. The zero-order valence-corrected chi connectivity index (χ0v) is 16.1. The van der Waals surface area contributed by atoms with E-state index in [1.165, 1.54) is 5.56 Å². The van der Waals surface area contributed by atoms with Gasteiger partial charge in [0, 0.05) is 31.4 Å². The van der Waals surface area contributed by atoms with Crippen LogP contribution in [0.2, 0.25) is 0 Å². The molecule has 1 aliphatic rings. The number of hydrogen-bond acceptors (Lipinski definition) is 4. The molecule has 1 amide bonds. The second-order valence-corrected chi connectivity index (χ2v) is 7.92. The number of likely N-dealkylation sites (tertiary alicyclic amines) is 1. The van der Waals surface area contributed by atoms with E-state index in [1.807, 2.05) is 17.3 Å². The molecule has 3 aromatic rings. The molecule has 27 heavy (non-hydrogen) atoms. The Morgan fingerprint density at radius 1 is 1.30 bits per heavy atom. The van der Waals surface area contributed by atoms with Gasteiger partial charge in [-0.15, -0.1) is 0 Å². The molecule has 0 saturated carbocycles. The lowest BCUT2D eigenvalue weighted by Crippen LogP contribution is -2.25. The van der Waals surface area contributed by atoms with Gasteiger partial charge in [0.1, 0.15) is 5.52 Å². The molecule has 1 aliphatic heterocycles. The van der Waals surface area contributed by atoms with Gasteiger partial charge in [0.25, 0.3) is 0 Å². The molecule has 1 aromatic carbocycles. The predicted octanol–water partition coefficient (Wildman–Crippen LogP) is 3.38. The Bertz CT molecular complexity index is 991. The van der Waals surface area contributed by atoms with Crippen LogP contribution < -0.4 is 5.73 Å². The van der Waals surface area contributed by atoms with Gasteiger partial charge in [0.15, 0.2) is 5.82 Å². The fourth-order valence-electron chi connectivity index (χ4n) is 4.01. The van der Waals surface area contributed by atoms with E-state index in [2.05, 4.69) is 40.5 Å². The molecule has 6 nitrogen and oxygen atoms in total. The molecule has 4 rings (SSSR count). The molecular formula is C21H27N5O. The summed E-state index contributed by atoms with van der Waals surface area (Å²) in [5.41, 5.74) is 10.2. The summed E-state index contributed by atoms with van der Waals surface area (Å²) in [6, 6.07) is 6.39. The van der Waals surface area contributed by atoms with E-state index < -0.39 is 0 Å². The number of carbonyl (C=O) groups is 1. The Morgan fingerprint density at radius 3 is 2.89 bits per heavy atom. The zero-order chi connectivity index (χ0) is 19.0. The molecule has 1 saturated heterocycles. The largest absolute Gasteiger partial charge is 0.382 e. The summed E-state index contributed by atoms with van der Waals surface area (Å²) in [5, 5.41) is 1.10. The summed E-state index contributed by atoms with van der Waals surface area (Å²) >= 11 is 0. The maximum absolute atomic E-state index is 11.8. The van der Waals surface area contributed by atoms with Crippen LogP contribution in [-0.4, -0.2) is 38.4 Å².